The van der Waals surface area contributed by atoms with Crippen molar-refractivity contribution in [2.24, 2.45) is 0 Å². The van der Waals surface area contributed by atoms with E-state index in [4.69, 9.17) is 9.84 Å². The molecule has 74 valence electrons. The lowest BCUT2D eigenvalue weighted by molar-refractivity contribution is -0.169. The molecule has 1 fully saturated rings. The lowest BCUT2D eigenvalue weighted by atomic mass is 9.98. The first-order chi connectivity index (χ1) is 6.10. The number of carbonyl (C=O) groups is 2. The lowest BCUT2D eigenvalue weighted by Crippen LogP contribution is -2.67. The average Bonchev–Trinajstić information content (AvgIpc) is 1.96. The van der Waals surface area contributed by atoms with Crippen LogP contribution in [0.2, 0.25) is 0 Å². The quantitative estimate of drug-likeness (QED) is 0.568. The van der Waals surface area contributed by atoms with Crippen LogP contribution in [-0.4, -0.2) is 49.5 Å². The zero-order chi connectivity index (χ0) is 9.90. The molecule has 0 atom stereocenters. The van der Waals surface area contributed by atoms with Gasteiger partial charge in [-0.15, -0.1) is 0 Å². The molecule has 1 heterocycles. The Balaban J connectivity index is 2.49. The van der Waals surface area contributed by atoms with Gasteiger partial charge < -0.3 is 19.9 Å². The third kappa shape index (κ3) is 1.96. The van der Waals surface area contributed by atoms with Crippen LogP contribution in [0.4, 0.5) is 0 Å². The van der Waals surface area contributed by atoms with Gasteiger partial charge in [-0.25, -0.2) is 4.79 Å². The van der Waals surface area contributed by atoms with Crippen molar-refractivity contribution in [3.63, 3.8) is 0 Å². The number of methoxy groups -OCH3 is 1. The molecular formula is C7H11NO5. The van der Waals surface area contributed by atoms with Crippen molar-refractivity contribution in [2.75, 3.05) is 26.9 Å². The van der Waals surface area contributed by atoms with E-state index in [0.29, 0.717) is 0 Å². The molecule has 13 heavy (non-hydrogen) atoms. The van der Waals surface area contributed by atoms with E-state index in [1.54, 1.807) is 0 Å². The van der Waals surface area contributed by atoms with Gasteiger partial charge in [0.1, 0.15) is 6.61 Å². The minimum Gasteiger partial charge on any atom is -0.479 e. The fourth-order valence-electron chi connectivity index (χ4n) is 0.989. The van der Waals surface area contributed by atoms with Crippen LogP contribution in [0.25, 0.3) is 0 Å². The molecule has 2 N–H and O–H groups in total. The smallest absolute Gasteiger partial charge is 0.334 e. The van der Waals surface area contributed by atoms with E-state index in [1.807, 2.05) is 0 Å². The molecule has 6 nitrogen and oxygen atoms in total. The lowest BCUT2D eigenvalue weighted by Gasteiger charge is -2.37. The minimum absolute atomic E-state index is 0.0117. The van der Waals surface area contributed by atoms with Crippen LogP contribution >= 0.6 is 0 Å². The summed E-state index contributed by atoms with van der Waals surface area (Å²) in [5.41, 5.74) is -1.24. The number of amides is 1. The predicted molar refractivity (Wildman–Crippen MR) is 41.2 cm³/mol. The Labute approximate surface area is 74.8 Å². The number of aliphatic carboxylic acids is 1. The highest BCUT2D eigenvalue weighted by Gasteiger charge is 2.47. The van der Waals surface area contributed by atoms with Crippen molar-refractivity contribution in [3.8, 4) is 0 Å². The summed E-state index contributed by atoms with van der Waals surface area (Å²) < 4.78 is 9.29. The zero-order valence-corrected chi connectivity index (χ0v) is 7.20. The van der Waals surface area contributed by atoms with Crippen LogP contribution in [0.15, 0.2) is 0 Å². The molecule has 0 aromatic heterocycles. The van der Waals surface area contributed by atoms with Gasteiger partial charge in [0, 0.05) is 7.11 Å². The van der Waals surface area contributed by atoms with Crippen LogP contribution < -0.4 is 5.32 Å². The predicted octanol–water partition coefficient (Wildman–Crippen LogP) is -1.40. The van der Waals surface area contributed by atoms with E-state index >= 15 is 0 Å². The topological polar surface area (TPSA) is 84.9 Å². The highest BCUT2D eigenvalue weighted by molar-refractivity contribution is 5.88. The molecule has 0 unspecified atom stereocenters. The van der Waals surface area contributed by atoms with Crippen LogP contribution in [0.1, 0.15) is 0 Å². The first-order valence-corrected chi connectivity index (χ1v) is 3.72. The molecule has 0 spiro atoms. The molecule has 0 aromatic rings. The van der Waals surface area contributed by atoms with Crippen LogP contribution in [0.3, 0.4) is 0 Å². The second kappa shape index (κ2) is 3.71. The van der Waals surface area contributed by atoms with Gasteiger partial charge in [-0.2, -0.15) is 0 Å². The number of nitrogens with one attached hydrogen (secondary N) is 1. The van der Waals surface area contributed by atoms with Gasteiger partial charge >= 0.3 is 5.97 Å². The zero-order valence-electron chi connectivity index (χ0n) is 7.20. The van der Waals surface area contributed by atoms with Gasteiger partial charge in [-0.1, -0.05) is 0 Å². The average molecular weight is 189 g/mol. The second-order valence-electron chi connectivity index (χ2n) is 2.86. The molecule has 0 radical (unpaired) electrons. The normalized spacial score (nSPS) is 18.8. The van der Waals surface area contributed by atoms with E-state index in [0.717, 1.165) is 0 Å². The van der Waals surface area contributed by atoms with Gasteiger partial charge in [-0.3, -0.25) is 4.79 Å². The van der Waals surface area contributed by atoms with E-state index in [9.17, 15) is 9.59 Å². The monoisotopic (exact) mass is 189 g/mol. The maximum atomic E-state index is 11.0. The SMILES string of the molecule is COCC(=O)NC1(C(=O)O)COC1. The maximum absolute atomic E-state index is 11.0. The number of carboxylic acids is 1. The van der Waals surface area contributed by atoms with Crippen LogP contribution in [-0.2, 0) is 19.1 Å². The molecule has 1 aliphatic rings. The van der Waals surface area contributed by atoms with Gasteiger partial charge in [0.15, 0.2) is 5.54 Å². The van der Waals surface area contributed by atoms with Crippen molar-refractivity contribution in [1.29, 1.82) is 0 Å². The summed E-state index contributed by atoms with van der Waals surface area (Å²) >= 11 is 0. The van der Waals surface area contributed by atoms with Crippen molar-refractivity contribution >= 4 is 11.9 Å². The number of hydrogen-bond acceptors (Lipinski definition) is 4. The number of carboxylic acid groups (broad SMARTS) is 1. The molecule has 0 aromatic carbocycles. The summed E-state index contributed by atoms with van der Waals surface area (Å²) in [6.45, 7) is -0.120. The first kappa shape index (κ1) is 9.94. The molecule has 0 bridgehead atoms. The minimum atomic E-state index is -1.24. The van der Waals surface area contributed by atoms with Crippen LogP contribution in [0.5, 0.6) is 0 Å². The molecular weight excluding hydrogens is 178 g/mol. The first-order valence-electron chi connectivity index (χ1n) is 3.72. The highest BCUT2D eigenvalue weighted by atomic mass is 16.5. The summed E-state index contributed by atoms with van der Waals surface area (Å²) in [4.78, 5) is 21.7. The largest absolute Gasteiger partial charge is 0.479 e. The summed E-state index contributed by atoms with van der Waals surface area (Å²) in [6, 6.07) is 0. The maximum Gasteiger partial charge on any atom is 0.334 e. The van der Waals surface area contributed by atoms with Crippen LogP contribution in [0, 0.1) is 0 Å². The van der Waals surface area contributed by atoms with Gasteiger partial charge in [0.05, 0.1) is 13.2 Å². The Bertz CT molecular complexity index is 223. The summed E-state index contributed by atoms with van der Waals surface area (Å²) in [5, 5.41) is 11.1. The molecule has 1 saturated heterocycles. The van der Waals surface area contributed by atoms with Gasteiger partial charge in [0.2, 0.25) is 5.91 Å². The van der Waals surface area contributed by atoms with Crippen molar-refractivity contribution in [2.45, 2.75) is 5.54 Å². The standard InChI is InChI=1S/C7H11NO5/c1-12-2-5(9)8-7(6(10)11)3-13-4-7/h2-4H2,1H3,(H,8,9)(H,10,11). The van der Waals surface area contributed by atoms with Crippen molar-refractivity contribution in [1.82, 2.24) is 5.32 Å². The number of hydrogen-bond donors (Lipinski definition) is 2. The molecule has 6 heteroatoms. The fraction of sp³-hybridized carbons (Fsp3) is 0.714. The Morgan fingerprint density at radius 1 is 1.62 bits per heavy atom. The molecule has 1 amide bonds. The number of ether oxygens (including phenoxy) is 2. The Morgan fingerprint density at radius 2 is 2.23 bits per heavy atom. The number of carbonyl (C=O) groups excluding carboxylic acids is 1. The summed E-state index contributed by atoms with van der Waals surface area (Å²) in [5.74, 6) is -1.53. The second-order valence-corrected chi connectivity index (χ2v) is 2.86. The van der Waals surface area contributed by atoms with E-state index in [1.165, 1.54) is 7.11 Å². The van der Waals surface area contributed by atoms with E-state index < -0.39 is 17.4 Å². The third-order valence-electron chi connectivity index (χ3n) is 1.76. The Hall–Kier alpha value is -1.14. The third-order valence-corrected chi connectivity index (χ3v) is 1.76. The Morgan fingerprint density at radius 3 is 2.54 bits per heavy atom. The Kier molecular flexibility index (Phi) is 2.84. The van der Waals surface area contributed by atoms with Gasteiger partial charge in [0.25, 0.3) is 0 Å². The van der Waals surface area contributed by atoms with Crippen molar-refractivity contribution < 1.29 is 24.2 Å². The highest BCUT2D eigenvalue weighted by Crippen LogP contribution is 2.16. The van der Waals surface area contributed by atoms with E-state index in [-0.39, 0.29) is 19.8 Å². The fourth-order valence-corrected chi connectivity index (χ4v) is 0.989. The molecule has 1 rings (SSSR count). The summed E-state index contributed by atoms with van der Waals surface area (Å²) in [6.07, 6.45) is 0. The molecule has 0 aliphatic carbocycles. The summed E-state index contributed by atoms with van der Waals surface area (Å²) in [7, 11) is 1.37. The van der Waals surface area contributed by atoms with E-state index in [2.05, 4.69) is 10.1 Å². The number of rotatable bonds is 4. The molecule has 1 aliphatic heterocycles. The molecule has 0 saturated carbocycles. The van der Waals surface area contributed by atoms with Crippen molar-refractivity contribution in [3.05, 3.63) is 0 Å². The van der Waals surface area contributed by atoms with Gasteiger partial charge in [-0.05, 0) is 0 Å².